The molecule has 1 aliphatic rings. The van der Waals surface area contributed by atoms with Crippen molar-refractivity contribution in [2.24, 2.45) is 0 Å². The molecule has 0 fully saturated rings. The van der Waals surface area contributed by atoms with E-state index < -0.39 is 0 Å². The molecule has 3 heterocycles. The summed E-state index contributed by atoms with van der Waals surface area (Å²) in [4.78, 5) is 25.0. The van der Waals surface area contributed by atoms with Gasteiger partial charge in [-0.25, -0.2) is 15.0 Å². The zero-order chi connectivity index (χ0) is 23.2. The van der Waals surface area contributed by atoms with Gasteiger partial charge in [-0.15, -0.1) is 0 Å². The molecule has 0 aliphatic carbocycles. The number of amides is 1. The molecule has 0 saturated heterocycles. The average molecular weight is 452 g/mol. The molecule has 2 aromatic carbocycles. The third-order valence-electron chi connectivity index (χ3n) is 4.84. The number of hydrogen-bond donors (Lipinski definition) is 3. The molecule has 3 N–H and O–H groups in total. The Morgan fingerprint density at radius 2 is 1.59 bits per heavy atom. The van der Waals surface area contributed by atoms with Gasteiger partial charge in [0, 0.05) is 29.7 Å². The number of carbonyl (C=O) groups is 1. The van der Waals surface area contributed by atoms with Crippen molar-refractivity contribution in [3.63, 3.8) is 0 Å². The molecule has 1 amide bonds. The monoisotopic (exact) mass is 452 g/mol. The maximum Gasteiger partial charge on any atom is 0.248 e. The molecule has 0 radical (unpaired) electrons. The van der Waals surface area contributed by atoms with E-state index >= 15 is 0 Å². The lowest BCUT2D eigenvalue weighted by Gasteiger charge is -2.09. The van der Waals surface area contributed by atoms with E-state index in [-0.39, 0.29) is 12.7 Å². The summed E-state index contributed by atoms with van der Waals surface area (Å²) in [5.41, 5.74) is 2.34. The highest BCUT2D eigenvalue weighted by Crippen LogP contribution is 2.32. The lowest BCUT2D eigenvalue weighted by Crippen LogP contribution is -2.07. The number of carbonyl (C=O) groups excluding carboxylic acids is 1. The summed E-state index contributed by atoms with van der Waals surface area (Å²) in [5.74, 6) is 3.08. The molecule has 4 aromatic rings. The molecule has 168 valence electrons. The van der Waals surface area contributed by atoms with Crippen molar-refractivity contribution in [3.8, 4) is 11.5 Å². The first-order valence-corrected chi connectivity index (χ1v) is 10.5. The topological polar surface area (TPSA) is 110 Å². The Balaban J connectivity index is 1.17. The summed E-state index contributed by atoms with van der Waals surface area (Å²) in [6.07, 6.45) is 6.37. The Morgan fingerprint density at radius 3 is 2.41 bits per heavy atom. The number of pyridine rings is 1. The van der Waals surface area contributed by atoms with Gasteiger partial charge in [0.1, 0.15) is 23.8 Å². The maximum absolute atomic E-state index is 12.3. The Hall–Kier alpha value is -4.92. The number of nitrogens with one attached hydrogen (secondary N) is 3. The number of ether oxygens (including phenoxy) is 2. The SMILES string of the molecule is O=C(/C=C/c1ccc2c(c1)OCO2)Nc1ccc(Nc2cc(Nc3ccccn3)ncn2)cc1. The minimum absolute atomic E-state index is 0.217. The van der Waals surface area contributed by atoms with Crippen LogP contribution in [0.1, 0.15) is 5.56 Å². The number of fused-ring (bicyclic) bond motifs is 1. The van der Waals surface area contributed by atoms with Gasteiger partial charge in [-0.05, 0) is 60.2 Å². The van der Waals surface area contributed by atoms with E-state index in [0.717, 1.165) is 11.3 Å². The van der Waals surface area contributed by atoms with E-state index in [9.17, 15) is 4.79 Å². The zero-order valence-electron chi connectivity index (χ0n) is 17.9. The first-order chi connectivity index (χ1) is 16.7. The highest BCUT2D eigenvalue weighted by Gasteiger charge is 2.12. The fourth-order valence-electron chi connectivity index (χ4n) is 3.22. The molecule has 0 spiro atoms. The van der Waals surface area contributed by atoms with Crippen LogP contribution in [0.25, 0.3) is 6.08 Å². The normalized spacial score (nSPS) is 11.9. The first kappa shape index (κ1) is 21.0. The lowest BCUT2D eigenvalue weighted by molar-refractivity contribution is -0.111. The van der Waals surface area contributed by atoms with Gasteiger partial charge in [0.15, 0.2) is 11.5 Å². The summed E-state index contributed by atoms with van der Waals surface area (Å²) < 4.78 is 10.6. The Kier molecular flexibility index (Phi) is 5.98. The molecular weight excluding hydrogens is 432 g/mol. The van der Waals surface area contributed by atoms with Crippen molar-refractivity contribution >= 4 is 40.8 Å². The smallest absolute Gasteiger partial charge is 0.248 e. The minimum atomic E-state index is -0.237. The summed E-state index contributed by atoms with van der Waals surface area (Å²) in [6, 6.07) is 20.2. The van der Waals surface area contributed by atoms with Crippen molar-refractivity contribution in [2.45, 2.75) is 0 Å². The van der Waals surface area contributed by atoms with Gasteiger partial charge in [-0.1, -0.05) is 12.1 Å². The van der Waals surface area contributed by atoms with Gasteiger partial charge in [0.25, 0.3) is 0 Å². The molecule has 0 unspecified atom stereocenters. The molecule has 0 atom stereocenters. The number of hydrogen-bond acceptors (Lipinski definition) is 8. The van der Waals surface area contributed by atoms with Crippen molar-refractivity contribution < 1.29 is 14.3 Å². The summed E-state index contributed by atoms with van der Waals surface area (Å²) >= 11 is 0. The quantitative estimate of drug-likeness (QED) is 0.345. The van der Waals surface area contributed by atoms with Crippen LogP contribution in [0.3, 0.4) is 0 Å². The molecule has 34 heavy (non-hydrogen) atoms. The van der Waals surface area contributed by atoms with E-state index in [2.05, 4.69) is 30.9 Å². The molecule has 9 heteroatoms. The highest BCUT2D eigenvalue weighted by molar-refractivity contribution is 6.02. The Labute approximate surface area is 195 Å². The van der Waals surface area contributed by atoms with Crippen molar-refractivity contribution in [1.29, 1.82) is 0 Å². The second-order valence-corrected chi connectivity index (χ2v) is 7.27. The van der Waals surface area contributed by atoms with Crippen LogP contribution in [0.15, 0.2) is 85.3 Å². The van der Waals surface area contributed by atoms with E-state index in [0.29, 0.717) is 34.6 Å². The van der Waals surface area contributed by atoms with Crippen LogP contribution in [0.2, 0.25) is 0 Å². The van der Waals surface area contributed by atoms with Crippen LogP contribution in [0, 0.1) is 0 Å². The summed E-state index contributed by atoms with van der Waals surface area (Å²) in [6.45, 7) is 0.217. The van der Waals surface area contributed by atoms with E-state index in [1.54, 1.807) is 18.3 Å². The van der Waals surface area contributed by atoms with Crippen LogP contribution in [0.4, 0.5) is 28.8 Å². The van der Waals surface area contributed by atoms with Crippen LogP contribution >= 0.6 is 0 Å². The molecule has 9 nitrogen and oxygen atoms in total. The van der Waals surface area contributed by atoms with E-state index in [4.69, 9.17) is 9.47 Å². The number of rotatable bonds is 7. The predicted molar refractivity (Wildman–Crippen MR) is 130 cm³/mol. The van der Waals surface area contributed by atoms with Crippen LogP contribution in [0.5, 0.6) is 11.5 Å². The van der Waals surface area contributed by atoms with Crippen LogP contribution in [-0.4, -0.2) is 27.7 Å². The number of aromatic nitrogens is 3. The van der Waals surface area contributed by atoms with Crippen molar-refractivity contribution in [2.75, 3.05) is 22.7 Å². The second kappa shape index (κ2) is 9.70. The fourth-order valence-corrected chi connectivity index (χ4v) is 3.22. The van der Waals surface area contributed by atoms with Gasteiger partial charge in [-0.3, -0.25) is 4.79 Å². The molecular formula is C25H20N6O3. The first-order valence-electron chi connectivity index (χ1n) is 10.5. The standard InChI is InChI=1S/C25H20N6O3/c32-25(11-5-17-4-10-20-21(13-17)34-16-33-20)30-19-8-6-18(7-9-19)29-23-14-24(28-15-27-23)31-22-3-1-2-12-26-22/h1-15H,16H2,(H,30,32)(H2,26,27,28,29,31)/b11-5+. The minimum Gasteiger partial charge on any atom is -0.454 e. The van der Waals surface area contributed by atoms with E-state index in [1.165, 1.54) is 12.4 Å². The van der Waals surface area contributed by atoms with Crippen molar-refractivity contribution in [1.82, 2.24) is 15.0 Å². The Morgan fingerprint density at radius 1 is 0.794 bits per heavy atom. The average Bonchev–Trinajstić information content (AvgIpc) is 3.33. The van der Waals surface area contributed by atoms with Gasteiger partial charge in [0.05, 0.1) is 0 Å². The van der Waals surface area contributed by atoms with Crippen molar-refractivity contribution in [3.05, 3.63) is 90.9 Å². The van der Waals surface area contributed by atoms with E-state index in [1.807, 2.05) is 60.7 Å². The van der Waals surface area contributed by atoms with Gasteiger partial charge in [0.2, 0.25) is 12.7 Å². The third kappa shape index (κ3) is 5.28. The predicted octanol–water partition coefficient (Wildman–Crippen LogP) is 4.74. The number of anilines is 5. The number of benzene rings is 2. The zero-order valence-corrected chi connectivity index (χ0v) is 17.9. The number of nitrogens with zero attached hydrogens (tertiary/aromatic N) is 3. The maximum atomic E-state index is 12.3. The molecule has 5 rings (SSSR count). The summed E-state index contributed by atoms with van der Waals surface area (Å²) in [7, 11) is 0. The largest absolute Gasteiger partial charge is 0.454 e. The Bertz CT molecular complexity index is 1330. The van der Waals surface area contributed by atoms with Gasteiger partial charge >= 0.3 is 0 Å². The second-order valence-electron chi connectivity index (χ2n) is 7.27. The van der Waals surface area contributed by atoms with Crippen LogP contribution < -0.4 is 25.4 Å². The molecule has 2 aromatic heterocycles. The molecule has 0 saturated carbocycles. The van der Waals surface area contributed by atoms with Crippen LogP contribution in [-0.2, 0) is 4.79 Å². The molecule has 0 bridgehead atoms. The lowest BCUT2D eigenvalue weighted by atomic mass is 10.2. The highest BCUT2D eigenvalue weighted by atomic mass is 16.7. The van der Waals surface area contributed by atoms with Gasteiger partial charge in [-0.2, -0.15) is 0 Å². The van der Waals surface area contributed by atoms with Gasteiger partial charge < -0.3 is 25.4 Å². The fraction of sp³-hybridized carbons (Fsp3) is 0.0400. The summed E-state index contributed by atoms with van der Waals surface area (Å²) in [5, 5.41) is 9.18. The third-order valence-corrected chi connectivity index (χ3v) is 4.84. The molecule has 1 aliphatic heterocycles.